The van der Waals surface area contributed by atoms with Gasteiger partial charge in [0.05, 0.1) is 5.57 Å². The third-order valence-electron chi connectivity index (χ3n) is 2.57. The van der Waals surface area contributed by atoms with Crippen molar-refractivity contribution < 1.29 is 13.2 Å². The minimum Gasteiger partial charge on any atom is -0.369 e. The van der Waals surface area contributed by atoms with Gasteiger partial charge in [0.1, 0.15) is 0 Å². The Morgan fingerprint density at radius 2 is 1.78 bits per heavy atom. The molecule has 1 aliphatic heterocycles. The lowest BCUT2D eigenvalue weighted by Crippen LogP contribution is -2.23. The molecule has 98 valence electrons. The van der Waals surface area contributed by atoms with Gasteiger partial charge < -0.3 is 4.90 Å². The molecular formula is C13H13BrF3N. The van der Waals surface area contributed by atoms with Crippen molar-refractivity contribution in [3.63, 3.8) is 0 Å². The Bertz CT molecular complexity index is 437. The number of allylic oxidation sites excluding steroid dienone is 2. The summed E-state index contributed by atoms with van der Waals surface area (Å²) in [5, 5.41) is 0. The standard InChI is InChI=1S/C13H12F3N.BrH/c14-13(15,16)12-6-8-17(9-7-12)10-11-4-2-1-3-5-11;/h1-8H,9-10H2;1H. The molecule has 0 saturated carbocycles. The van der Waals surface area contributed by atoms with Crippen LogP contribution in [-0.4, -0.2) is 17.6 Å². The number of nitrogens with zero attached hydrogens (tertiary/aromatic N) is 1. The number of alkyl halides is 3. The van der Waals surface area contributed by atoms with Gasteiger partial charge in [-0.3, -0.25) is 0 Å². The number of halogens is 4. The highest BCUT2D eigenvalue weighted by Gasteiger charge is 2.32. The van der Waals surface area contributed by atoms with E-state index in [2.05, 4.69) is 0 Å². The van der Waals surface area contributed by atoms with E-state index in [1.54, 1.807) is 0 Å². The van der Waals surface area contributed by atoms with Gasteiger partial charge in [-0.1, -0.05) is 36.4 Å². The van der Waals surface area contributed by atoms with Crippen molar-refractivity contribution in [2.75, 3.05) is 6.54 Å². The molecule has 0 N–H and O–H groups in total. The minimum absolute atomic E-state index is 0. The second-order valence-corrected chi connectivity index (χ2v) is 3.89. The van der Waals surface area contributed by atoms with Gasteiger partial charge in [0.2, 0.25) is 0 Å². The second kappa shape index (κ2) is 6.09. The van der Waals surface area contributed by atoms with Gasteiger partial charge in [0, 0.05) is 19.3 Å². The molecule has 0 saturated heterocycles. The fourth-order valence-corrected chi connectivity index (χ4v) is 1.68. The van der Waals surface area contributed by atoms with Gasteiger partial charge in [0.25, 0.3) is 0 Å². The Morgan fingerprint density at radius 1 is 1.11 bits per heavy atom. The quantitative estimate of drug-likeness (QED) is 0.794. The topological polar surface area (TPSA) is 3.24 Å². The summed E-state index contributed by atoms with van der Waals surface area (Å²) >= 11 is 0. The summed E-state index contributed by atoms with van der Waals surface area (Å²) in [4.78, 5) is 1.84. The largest absolute Gasteiger partial charge is 0.416 e. The van der Waals surface area contributed by atoms with Crippen molar-refractivity contribution in [1.29, 1.82) is 0 Å². The zero-order chi connectivity index (χ0) is 12.3. The molecule has 1 heterocycles. The van der Waals surface area contributed by atoms with E-state index in [0.29, 0.717) is 13.1 Å². The number of benzene rings is 1. The second-order valence-electron chi connectivity index (χ2n) is 3.89. The Morgan fingerprint density at radius 3 is 2.28 bits per heavy atom. The molecule has 1 aromatic carbocycles. The third-order valence-corrected chi connectivity index (χ3v) is 2.57. The predicted octanol–water partition coefficient (Wildman–Crippen LogP) is 4.08. The Balaban J connectivity index is 0.00000162. The molecule has 1 aliphatic rings. The first-order valence-electron chi connectivity index (χ1n) is 5.29. The molecule has 0 amide bonds. The molecule has 0 bridgehead atoms. The normalized spacial score (nSPS) is 15.1. The molecule has 0 aromatic heterocycles. The fraction of sp³-hybridized carbons (Fsp3) is 0.231. The van der Waals surface area contributed by atoms with Crippen LogP contribution in [-0.2, 0) is 6.54 Å². The maximum absolute atomic E-state index is 12.4. The summed E-state index contributed by atoms with van der Waals surface area (Å²) in [7, 11) is 0. The first-order valence-corrected chi connectivity index (χ1v) is 5.29. The van der Waals surface area contributed by atoms with Crippen LogP contribution >= 0.6 is 17.0 Å². The van der Waals surface area contributed by atoms with Crippen LogP contribution in [0.4, 0.5) is 13.2 Å². The van der Waals surface area contributed by atoms with Gasteiger partial charge >= 0.3 is 6.18 Å². The monoisotopic (exact) mass is 319 g/mol. The van der Waals surface area contributed by atoms with Crippen LogP contribution in [0.3, 0.4) is 0 Å². The first-order chi connectivity index (χ1) is 8.05. The van der Waals surface area contributed by atoms with Crippen LogP contribution in [0.25, 0.3) is 0 Å². The van der Waals surface area contributed by atoms with Crippen LogP contribution in [0.5, 0.6) is 0 Å². The van der Waals surface area contributed by atoms with E-state index in [1.807, 2.05) is 35.2 Å². The molecule has 0 spiro atoms. The zero-order valence-electron chi connectivity index (χ0n) is 9.52. The highest BCUT2D eigenvalue weighted by Crippen LogP contribution is 2.28. The lowest BCUT2D eigenvalue weighted by atomic mass is 10.1. The minimum atomic E-state index is -4.24. The molecule has 0 atom stereocenters. The highest BCUT2D eigenvalue weighted by atomic mass is 79.9. The van der Waals surface area contributed by atoms with Crippen molar-refractivity contribution in [1.82, 2.24) is 4.90 Å². The van der Waals surface area contributed by atoms with E-state index in [0.717, 1.165) is 11.6 Å². The SMILES string of the molecule is Br.FC(F)(F)C1=CCN(Cc2ccccc2)C=C1. The van der Waals surface area contributed by atoms with Crippen molar-refractivity contribution in [3.05, 3.63) is 59.8 Å². The average Bonchev–Trinajstić information content (AvgIpc) is 2.30. The van der Waals surface area contributed by atoms with Crippen molar-refractivity contribution in [2.45, 2.75) is 12.7 Å². The van der Waals surface area contributed by atoms with E-state index >= 15 is 0 Å². The average molecular weight is 320 g/mol. The molecule has 1 aromatic rings. The summed E-state index contributed by atoms with van der Waals surface area (Å²) in [5.74, 6) is 0. The molecule has 0 aliphatic carbocycles. The zero-order valence-corrected chi connectivity index (χ0v) is 11.2. The maximum atomic E-state index is 12.4. The molecule has 0 unspecified atom stereocenters. The van der Waals surface area contributed by atoms with Gasteiger partial charge in [-0.2, -0.15) is 13.2 Å². The lowest BCUT2D eigenvalue weighted by molar-refractivity contribution is -0.0889. The van der Waals surface area contributed by atoms with E-state index in [4.69, 9.17) is 0 Å². The van der Waals surface area contributed by atoms with Crippen molar-refractivity contribution in [2.24, 2.45) is 0 Å². The van der Waals surface area contributed by atoms with Crippen LogP contribution in [0.1, 0.15) is 5.56 Å². The third kappa shape index (κ3) is 3.91. The molecule has 5 heteroatoms. The highest BCUT2D eigenvalue weighted by molar-refractivity contribution is 8.93. The van der Waals surface area contributed by atoms with Crippen LogP contribution in [0.15, 0.2) is 54.3 Å². The van der Waals surface area contributed by atoms with Crippen LogP contribution < -0.4 is 0 Å². The Hall–Kier alpha value is -1.23. The summed E-state index contributed by atoms with van der Waals surface area (Å²) < 4.78 is 37.1. The summed E-state index contributed by atoms with van der Waals surface area (Å²) in [5.41, 5.74) is 0.517. The smallest absolute Gasteiger partial charge is 0.369 e. The number of rotatable bonds is 2. The predicted molar refractivity (Wildman–Crippen MR) is 70.5 cm³/mol. The molecule has 0 radical (unpaired) electrons. The summed E-state index contributed by atoms with van der Waals surface area (Å²) in [6, 6.07) is 9.66. The summed E-state index contributed by atoms with van der Waals surface area (Å²) in [6.07, 6.45) is -0.416. The molecule has 2 rings (SSSR count). The van der Waals surface area contributed by atoms with Crippen LogP contribution in [0.2, 0.25) is 0 Å². The molecule has 1 nitrogen and oxygen atoms in total. The number of hydrogen-bond acceptors (Lipinski definition) is 1. The van der Waals surface area contributed by atoms with E-state index in [-0.39, 0.29) is 17.0 Å². The molecule has 18 heavy (non-hydrogen) atoms. The van der Waals surface area contributed by atoms with Crippen LogP contribution in [0, 0.1) is 0 Å². The summed E-state index contributed by atoms with van der Waals surface area (Å²) in [6.45, 7) is 0.916. The van der Waals surface area contributed by atoms with Gasteiger partial charge in [-0.25, -0.2) is 0 Å². The number of hydrogen-bond donors (Lipinski definition) is 0. The Kier molecular flexibility index (Phi) is 5.02. The van der Waals surface area contributed by atoms with Crippen molar-refractivity contribution >= 4 is 17.0 Å². The molecule has 0 fully saturated rings. The fourth-order valence-electron chi connectivity index (χ4n) is 1.68. The Labute approximate surface area is 114 Å². The van der Waals surface area contributed by atoms with Gasteiger partial charge in [0.15, 0.2) is 0 Å². The van der Waals surface area contributed by atoms with E-state index in [9.17, 15) is 13.2 Å². The molecular weight excluding hydrogens is 307 g/mol. The van der Waals surface area contributed by atoms with Gasteiger partial charge in [-0.05, 0) is 11.6 Å². The van der Waals surface area contributed by atoms with E-state index < -0.39 is 11.7 Å². The van der Waals surface area contributed by atoms with Gasteiger partial charge in [-0.15, -0.1) is 17.0 Å². The lowest BCUT2D eigenvalue weighted by Gasteiger charge is -2.23. The van der Waals surface area contributed by atoms with E-state index in [1.165, 1.54) is 12.3 Å². The van der Waals surface area contributed by atoms with Crippen molar-refractivity contribution in [3.8, 4) is 0 Å². The first kappa shape index (κ1) is 14.8. The maximum Gasteiger partial charge on any atom is 0.416 e.